The average Bonchev–Trinajstić information content (AvgIpc) is 2.68. The van der Waals surface area contributed by atoms with Gasteiger partial charge in [0.25, 0.3) is 0 Å². The van der Waals surface area contributed by atoms with Crippen LogP contribution in [0.2, 0.25) is 0 Å². The fourth-order valence-electron chi connectivity index (χ4n) is 1.76. The van der Waals surface area contributed by atoms with E-state index < -0.39 is 5.97 Å². The lowest BCUT2D eigenvalue weighted by Crippen LogP contribution is -2.06. The zero-order valence-electron chi connectivity index (χ0n) is 8.09. The maximum absolute atomic E-state index is 11.5. The average molecular weight is 193 g/mol. The molecular formula is C10H11NO3. The van der Waals surface area contributed by atoms with Crippen molar-refractivity contribution in [2.45, 2.75) is 13.3 Å². The Morgan fingerprint density at radius 3 is 2.93 bits per heavy atom. The Labute approximate surface area is 81.3 Å². The normalized spacial score (nSPS) is 19.6. The lowest BCUT2D eigenvalue weighted by atomic mass is 10.1. The standard InChI is InChI=1S/C10H11NO3/c1-5-3-7-6(9(5)12)4-8(11-7)10(13)14-2/h4-5,11H,3H2,1-2H3/t5-/m1/s1. The van der Waals surface area contributed by atoms with Crippen LogP contribution in [0.25, 0.3) is 0 Å². The molecule has 0 fully saturated rings. The third-order valence-electron chi connectivity index (χ3n) is 2.53. The number of carbonyl (C=O) groups excluding carboxylic acids is 2. The van der Waals surface area contributed by atoms with Gasteiger partial charge >= 0.3 is 5.97 Å². The van der Waals surface area contributed by atoms with Crippen LogP contribution in [0.4, 0.5) is 0 Å². The topological polar surface area (TPSA) is 59.2 Å². The Kier molecular flexibility index (Phi) is 1.91. The van der Waals surface area contributed by atoms with Crippen LogP contribution in [0.1, 0.15) is 33.5 Å². The molecule has 1 aromatic heterocycles. The van der Waals surface area contributed by atoms with Crippen LogP contribution in [-0.2, 0) is 11.2 Å². The number of aromatic nitrogens is 1. The van der Waals surface area contributed by atoms with Gasteiger partial charge in [0.15, 0.2) is 5.78 Å². The highest BCUT2D eigenvalue weighted by molar-refractivity contribution is 6.03. The van der Waals surface area contributed by atoms with E-state index in [4.69, 9.17) is 0 Å². The molecule has 1 aliphatic carbocycles. The van der Waals surface area contributed by atoms with Crippen molar-refractivity contribution >= 4 is 11.8 Å². The predicted octanol–water partition coefficient (Wildman–Crippen LogP) is 1.18. The van der Waals surface area contributed by atoms with Gasteiger partial charge in [0.05, 0.1) is 7.11 Å². The Hall–Kier alpha value is -1.58. The monoisotopic (exact) mass is 193 g/mol. The van der Waals surface area contributed by atoms with E-state index in [-0.39, 0.29) is 11.7 Å². The third kappa shape index (κ3) is 1.14. The highest BCUT2D eigenvalue weighted by Gasteiger charge is 2.30. The van der Waals surface area contributed by atoms with Gasteiger partial charge in [0.1, 0.15) is 5.69 Å². The van der Waals surface area contributed by atoms with Crippen molar-refractivity contribution in [3.63, 3.8) is 0 Å². The molecule has 4 heteroatoms. The molecule has 1 heterocycles. The van der Waals surface area contributed by atoms with Crippen molar-refractivity contribution in [2.24, 2.45) is 5.92 Å². The molecule has 0 saturated heterocycles. The van der Waals surface area contributed by atoms with Crippen molar-refractivity contribution in [2.75, 3.05) is 7.11 Å². The van der Waals surface area contributed by atoms with E-state index in [9.17, 15) is 9.59 Å². The van der Waals surface area contributed by atoms with Crippen LogP contribution in [0.5, 0.6) is 0 Å². The summed E-state index contributed by atoms with van der Waals surface area (Å²) in [6, 6.07) is 1.58. The summed E-state index contributed by atoms with van der Waals surface area (Å²) in [6.45, 7) is 1.88. The highest BCUT2D eigenvalue weighted by Crippen LogP contribution is 2.26. The molecule has 0 amide bonds. The number of ether oxygens (including phenoxy) is 1. The SMILES string of the molecule is COC(=O)c1cc2c([nH]1)C[C@@H](C)C2=O. The Morgan fingerprint density at radius 1 is 1.64 bits per heavy atom. The first-order valence-corrected chi connectivity index (χ1v) is 4.48. The van der Waals surface area contributed by atoms with E-state index in [1.165, 1.54) is 7.11 Å². The van der Waals surface area contributed by atoms with E-state index >= 15 is 0 Å². The fourth-order valence-corrected chi connectivity index (χ4v) is 1.76. The van der Waals surface area contributed by atoms with Gasteiger partial charge in [-0.2, -0.15) is 0 Å². The number of nitrogens with one attached hydrogen (secondary N) is 1. The molecule has 2 rings (SSSR count). The van der Waals surface area contributed by atoms with E-state index in [0.717, 1.165) is 5.69 Å². The molecule has 0 saturated carbocycles. The molecule has 1 atom stereocenters. The van der Waals surface area contributed by atoms with Crippen LogP contribution < -0.4 is 0 Å². The number of aromatic amines is 1. The van der Waals surface area contributed by atoms with E-state index in [0.29, 0.717) is 17.7 Å². The summed E-state index contributed by atoms with van der Waals surface area (Å²) in [5.41, 5.74) is 1.85. The molecular weight excluding hydrogens is 182 g/mol. The summed E-state index contributed by atoms with van der Waals surface area (Å²) in [5, 5.41) is 0. The largest absolute Gasteiger partial charge is 0.464 e. The van der Waals surface area contributed by atoms with Crippen LogP contribution in [0.3, 0.4) is 0 Å². The van der Waals surface area contributed by atoms with Gasteiger partial charge in [-0.3, -0.25) is 4.79 Å². The second-order valence-electron chi connectivity index (χ2n) is 3.54. The zero-order valence-corrected chi connectivity index (χ0v) is 8.09. The zero-order chi connectivity index (χ0) is 10.3. The van der Waals surface area contributed by atoms with Gasteiger partial charge in [-0.25, -0.2) is 4.79 Å². The number of H-pyrrole nitrogens is 1. The van der Waals surface area contributed by atoms with Crippen molar-refractivity contribution in [1.29, 1.82) is 0 Å². The quantitative estimate of drug-likeness (QED) is 0.681. The Bertz CT molecular complexity index is 405. The van der Waals surface area contributed by atoms with Crippen molar-refractivity contribution in [3.05, 3.63) is 23.0 Å². The second kappa shape index (κ2) is 2.97. The van der Waals surface area contributed by atoms with E-state index in [1.807, 2.05) is 6.92 Å². The summed E-state index contributed by atoms with van der Waals surface area (Å²) in [5.74, 6) is -0.297. The second-order valence-corrected chi connectivity index (χ2v) is 3.54. The number of hydrogen-bond donors (Lipinski definition) is 1. The first kappa shape index (κ1) is 8.99. The number of fused-ring (bicyclic) bond motifs is 1. The van der Waals surface area contributed by atoms with Gasteiger partial charge < -0.3 is 9.72 Å². The molecule has 0 aromatic carbocycles. The lowest BCUT2D eigenvalue weighted by molar-refractivity contribution is 0.0594. The van der Waals surface area contributed by atoms with E-state index in [1.54, 1.807) is 6.07 Å². The first-order valence-electron chi connectivity index (χ1n) is 4.48. The molecule has 1 aromatic rings. The number of methoxy groups -OCH3 is 1. The van der Waals surface area contributed by atoms with Crippen LogP contribution in [-0.4, -0.2) is 23.8 Å². The molecule has 0 spiro atoms. The van der Waals surface area contributed by atoms with Gasteiger partial charge in [0, 0.05) is 17.2 Å². The maximum atomic E-state index is 11.5. The van der Waals surface area contributed by atoms with Gasteiger partial charge in [-0.1, -0.05) is 6.92 Å². The predicted molar refractivity (Wildman–Crippen MR) is 49.3 cm³/mol. The van der Waals surface area contributed by atoms with Gasteiger partial charge in [-0.05, 0) is 12.5 Å². The molecule has 1 aliphatic rings. The summed E-state index contributed by atoms with van der Waals surface area (Å²) >= 11 is 0. The Balaban J connectivity index is 2.37. The molecule has 1 N–H and O–H groups in total. The van der Waals surface area contributed by atoms with Gasteiger partial charge in [-0.15, -0.1) is 0 Å². The molecule has 0 radical (unpaired) electrons. The minimum absolute atomic E-state index is 0.0305. The number of rotatable bonds is 1. The van der Waals surface area contributed by atoms with Crippen LogP contribution in [0, 0.1) is 5.92 Å². The number of ketones is 1. The molecule has 14 heavy (non-hydrogen) atoms. The Morgan fingerprint density at radius 2 is 2.36 bits per heavy atom. The van der Waals surface area contributed by atoms with Crippen molar-refractivity contribution in [1.82, 2.24) is 4.98 Å². The van der Waals surface area contributed by atoms with E-state index in [2.05, 4.69) is 9.72 Å². The summed E-state index contributed by atoms with van der Waals surface area (Å²) < 4.78 is 4.55. The molecule has 0 aliphatic heterocycles. The summed E-state index contributed by atoms with van der Waals surface area (Å²) in [4.78, 5) is 25.6. The molecule has 4 nitrogen and oxygen atoms in total. The minimum atomic E-state index is -0.431. The lowest BCUT2D eigenvalue weighted by Gasteiger charge is -1.98. The fraction of sp³-hybridized carbons (Fsp3) is 0.400. The smallest absolute Gasteiger partial charge is 0.354 e. The number of hydrogen-bond acceptors (Lipinski definition) is 3. The van der Waals surface area contributed by atoms with Gasteiger partial charge in [0.2, 0.25) is 0 Å². The van der Waals surface area contributed by atoms with Crippen LogP contribution in [0.15, 0.2) is 6.07 Å². The van der Waals surface area contributed by atoms with Crippen LogP contribution >= 0.6 is 0 Å². The number of esters is 1. The van der Waals surface area contributed by atoms with Crippen molar-refractivity contribution < 1.29 is 14.3 Å². The highest BCUT2D eigenvalue weighted by atomic mass is 16.5. The minimum Gasteiger partial charge on any atom is -0.464 e. The number of Topliss-reactive ketones (excluding diaryl/α,β-unsaturated/α-hetero) is 1. The summed E-state index contributed by atoms with van der Waals surface area (Å²) in [7, 11) is 1.32. The molecule has 74 valence electrons. The first-order chi connectivity index (χ1) is 6.63. The summed E-state index contributed by atoms with van der Waals surface area (Å²) in [6.07, 6.45) is 0.686. The molecule has 0 bridgehead atoms. The number of carbonyl (C=O) groups is 2. The maximum Gasteiger partial charge on any atom is 0.354 e. The third-order valence-corrected chi connectivity index (χ3v) is 2.53. The molecule has 0 unspecified atom stereocenters. The van der Waals surface area contributed by atoms with Crippen molar-refractivity contribution in [3.8, 4) is 0 Å².